The number of nitrogens with one attached hydrogen (secondary N) is 1. The lowest BCUT2D eigenvalue weighted by molar-refractivity contribution is -0.140. The maximum atomic E-state index is 13.9. The van der Waals surface area contributed by atoms with Gasteiger partial charge in [-0.15, -0.1) is 0 Å². The molecule has 0 spiro atoms. The fraction of sp³-hybridized carbons (Fsp3) is 0.625. The molecule has 0 unspecified atom stereocenters. The maximum Gasteiger partial charge on any atom is 0.419 e. The summed E-state index contributed by atoms with van der Waals surface area (Å²) in [4.78, 5) is 2.21. The molecular weight excluding hydrogens is 296 g/mol. The summed E-state index contributed by atoms with van der Waals surface area (Å²) < 4.78 is 52.0. The van der Waals surface area contributed by atoms with Crippen LogP contribution in [-0.2, 0) is 6.18 Å². The van der Waals surface area contributed by atoms with Crippen molar-refractivity contribution in [2.75, 3.05) is 26.2 Å². The van der Waals surface area contributed by atoms with Crippen molar-refractivity contribution in [3.05, 3.63) is 35.1 Å². The van der Waals surface area contributed by atoms with E-state index < -0.39 is 17.6 Å². The van der Waals surface area contributed by atoms with E-state index in [0.717, 1.165) is 38.3 Å². The number of piperazine rings is 1. The molecule has 0 saturated carbocycles. The molecule has 0 amide bonds. The summed E-state index contributed by atoms with van der Waals surface area (Å²) in [5, 5.41) is 3.25. The molecule has 6 heteroatoms. The van der Waals surface area contributed by atoms with E-state index in [1.54, 1.807) is 0 Å². The molecule has 2 rings (SSSR count). The van der Waals surface area contributed by atoms with Crippen LogP contribution in [0, 0.1) is 11.2 Å². The molecule has 0 bridgehead atoms. The summed E-state index contributed by atoms with van der Waals surface area (Å²) in [6, 6.07) is 3.18. The van der Waals surface area contributed by atoms with Gasteiger partial charge in [-0.1, -0.05) is 26.8 Å². The lowest BCUT2D eigenvalue weighted by Gasteiger charge is -2.42. The normalized spacial score (nSPS) is 19.2. The summed E-state index contributed by atoms with van der Waals surface area (Å²) in [6.07, 6.45) is -4.66. The molecule has 1 atom stereocenters. The Hall–Kier alpha value is -1.14. The number of halogens is 4. The van der Waals surface area contributed by atoms with Gasteiger partial charge in [-0.2, -0.15) is 13.2 Å². The van der Waals surface area contributed by atoms with Crippen molar-refractivity contribution in [2.45, 2.75) is 33.0 Å². The fourth-order valence-corrected chi connectivity index (χ4v) is 3.13. The first-order chi connectivity index (χ1) is 10.1. The predicted molar refractivity (Wildman–Crippen MR) is 78.0 cm³/mol. The topological polar surface area (TPSA) is 15.3 Å². The van der Waals surface area contributed by atoms with Crippen molar-refractivity contribution in [3.8, 4) is 0 Å². The zero-order valence-corrected chi connectivity index (χ0v) is 13.1. The minimum Gasteiger partial charge on any atom is -0.314 e. The van der Waals surface area contributed by atoms with Crippen LogP contribution in [0.25, 0.3) is 0 Å². The maximum absolute atomic E-state index is 13.9. The Kier molecular flexibility index (Phi) is 4.82. The van der Waals surface area contributed by atoms with E-state index in [0.29, 0.717) is 5.56 Å². The minimum absolute atomic E-state index is 0.119. The van der Waals surface area contributed by atoms with Crippen molar-refractivity contribution in [1.29, 1.82) is 0 Å². The van der Waals surface area contributed by atoms with Crippen molar-refractivity contribution in [2.24, 2.45) is 5.41 Å². The van der Waals surface area contributed by atoms with Gasteiger partial charge < -0.3 is 5.32 Å². The SMILES string of the molecule is CC(C)(C)[C@@H](c1ccc(C(F)(F)F)c(F)c1)N1CCNCC1. The third-order valence-corrected chi connectivity index (χ3v) is 3.95. The summed E-state index contributed by atoms with van der Waals surface area (Å²) >= 11 is 0. The summed E-state index contributed by atoms with van der Waals surface area (Å²) in [6.45, 7) is 9.32. The Morgan fingerprint density at radius 1 is 1.09 bits per heavy atom. The van der Waals surface area contributed by atoms with E-state index in [-0.39, 0.29) is 11.5 Å². The van der Waals surface area contributed by atoms with Crippen LogP contribution in [0.1, 0.15) is 37.9 Å². The van der Waals surface area contributed by atoms with Crippen LogP contribution in [0.15, 0.2) is 18.2 Å². The van der Waals surface area contributed by atoms with Gasteiger partial charge in [0, 0.05) is 32.2 Å². The first kappa shape index (κ1) is 17.2. The van der Waals surface area contributed by atoms with Crippen LogP contribution in [-0.4, -0.2) is 31.1 Å². The molecule has 1 aliphatic heterocycles. The molecule has 0 radical (unpaired) electrons. The summed E-state index contributed by atoms with van der Waals surface area (Å²) in [5.74, 6) is -1.20. The molecular formula is C16H22F4N2. The second-order valence-electron chi connectivity index (χ2n) is 6.79. The number of nitrogens with zero attached hydrogens (tertiary/aromatic N) is 1. The van der Waals surface area contributed by atoms with Crippen LogP contribution < -0.4 is 5.32 Å². The lowest BCUT2D eigenvalue weighted by atomic mass is 9.80. The van der Waals surface area contributed by atoms with Gasteiger partial charge >= 0.3 is 6.18 Å². The number of benzene rings is 1. The zero-order valence-electron chi connectivity index (χ0n) is 13.1. The second-order valence-corrected chi connectivity index (χ2v) is 6.79. The van der Waals surface area contributed by atoms with Gasteiger partial charge in [0.1, 0.15) is 5.82 Å². The number of hydrogen-bond donors (Lipinski definition) is 1. The van der Waals surface area contributed by atoms with Gasteiger partial charge in [0.15, 0.2) is 0 Å². The largest absolute Gasteiger partial charge is 0.419 e. The highest BCUT2D eigenvalue weighted by Gasteiger charge is 2.37. The van der Waals surface area contributed by atoms with Gasteiger partial charge in [0.2, 0.25) is 0 Å². The van der Waals surface area contributed by atoms with Crippen LogP contribution in [0.5, 0.6) is 0 Å². The molecule has 124 valence electrons. The molecule has 22 heavy (non-hydrogen) atoms. The van der Waals surface area contributed by atoms with E-state index in [4.69, 9.17) is 0 Å². The van der Waals surface area contributed by atoms with Gasteiger partial charge in [0.25, 0.3) is 0 Å². The van der Waals surface area contributed by atoms with Crippen molar-refractivity contribution >= 4 is 0 Å². The molecule has 1 heterocycles. The van der Waals surface area contributed by atoms with E-state index in [2.05, 4.69) is 10.2 Å². The molecule has 1 aromatic rings. The van der Waals surface area contributed by atoms with Crippen molar-refractivity contribution in [1.82, 2.24) is 10.2 Å². The Bertz CT molecular complexity index is 514. The lowest BCUT2D eigenvalue weighted by Crippen LogP contribution is -2.48. The third-order valence-electron chi connectivity index (χ3n) is 3.95. The van der Waals surface area contributed by atoms with E-state index in [9.17, 15) is 17.6 Å². The average Bonchev–Trinajstić information content (AvgIpc) is 2.37. The van der Waals surface area contributed by atoms with Crippen LogP contribution in [0.4, 0.5) is 17.6 Å². The molecule has 1 saturated heterocycles. The minimum atomic E-state index is -4.66. The Balaban J connectivity index is 2.38. The average molecular weight is 318 g/mol. The predicted octanol–water partition coefficient (Wildman–Crippen LogP) is 3.84. The first-order valence-corrected chi connectivity index (χ1v) is 7.42. The molecule has 1 fully saturated rings. The smallest absolute Gasteiger partial charge is 0.314 e. The number of rotatable bonds is 2. The van der Waals surface area contributed by atoms with Gasteiger partial charge in [0.05, 0.1) is 5.56 Å². The van der Waals surface area contributed by atoms with Gasteiger partial charge in [-0.25, -0.2) is 4.39 Å². The molecule has 1 aromatic carbocycles. The molecule has 1 N–H and O–H groups in total. The number of alkyl halides is 3. The highest BCUT2D eigenvalue weighted by Crippen LogP contribution is 2.40. The van der Waals surface area contributed by atoms with E-state index >= 15 is 0 Å². The quantitative estimate of drug-likeness (QED) is 0.834. The molecule has 1 aliphatic rings. The highest BCUT2D eigenvalue weighted by molar-refractivity contribution is 5.29. The van der Waals surface area contributed by atoms with Crippen LogP contribution >= 0.6 is 0 Å². The second kappa shape index (κ2) is 6.16. The molecule has 0 aliphatic carbocycles. The Morgan fingerprint density at radius 3 is 2.14 bits per heavy atom. The van der Waals surface area contributed by atoms with E-state index in [1.165, 1.54) is 6.07 Å². The fourth-order valence-electron chi connectivity index (χ4n) is 3.13. The summed E-state index contributed by atoms with van der Waals surface area (Å²) in [5.41, 5.74) is -0.812. The first-order valence-electron chi connectivity index (χ1n) is 7.42. The Labute approximate surface area is 128 Å². The van der Waals surface area contributed by atoms with Gasteiger partial charge in [-0.3, -0.25) is 4.90 Å². The Morgan fingerprint density at radius 2 is 1.68 bits per heavy atom. The monoisotopic (exact) mass is 318 g/mol. The summed E-state index contributed by atoms with van der Waals surface area (Å²) in [7, 11) is 0. The van der Waals surface area contributed by atoms with Crippen LogP contribution in [0.3, 0.4) is 0 Å². The highest BCUT2D eigenvalue weighted by atomic mass is 19.4. The van der Waals surface area contributed by atoms with Crippen molar-refractivity contribution in [3.63, 3.8) is 0 Å². The zero-order chi connectivity index (χ0) is 16.5. The third kappa shape index (κ3) is 3.79. The molecule has 2 nitrogen and oxygen atoms in total. The standard InChI is InChI=1S/C16H22F4N2/c1-15(2,3)14(22-8-6-21-7-9-22)11-4-5-12(13(17)10-11)16(18,19)20/h4-5,10,14,21H,6-9H2,1-3H3/t14-/m1/s1. The number of hydrogen-bond acceptors (Lipinski definition) is 2. The van der Waals surface area contributed by atoms with Crippen molar-refractivity contribution < 1.29 is 17.6 Å². The molecule has 0 aromatic heterocycles. The van der Waals surface area contributed by atoms with E-state index in [1.807, 2.05) is 20.8 Å². The van der Waals surface area contributed by atoms with Crippen LogP contribution in [0.2, 0.25) is 0 Å². The van der Waals surface area contributed by atoms with Gasteiger partial charge in [-0.05, 0) is 23.1 Å².